The lowest BCUT2D eigenvalue weighted by Gasteiger charge is -2.18. The fourth-order valence-corrected chi connectivity index (χ4v) is 5.66. The van der Waals surface area contributed by atoms with E-state index in [1.54, 1.807) is 0 Å². The Hall–Kier alpha value is -1.06. The predicted octanol–water partition coefficient (Wildman–Crippen LogP) is 12.1. The summed E-state index contributed by atoms with van der Waals surface area (Å²) >= 11 is 0. The van der Waals surface area contributed by atoms with Crippen molar-refractivity contribution in [2.45, 2.75) is 219 Å². The highest BCUT2D eigenvalue weighted by Crippen LogP contribution is 2.18. The van der Waals surface area contributed by atoms with Crippen molar-refractivity contribution in [3.63, 3.8) is 0 Å². The number of carbonyl (C=O) groups excluding carboxylic acids is 1. The van der Waals surface area contributed by atoms with E-state index in [9.17, 15) is 9.59 Å². The number of hydrogen-bond acceptors (Lipinski definition) is 3. The van der Waals surface area contributed by atoms with Crippen molar-refractivity contribution in [2.24, 2.45) is 0 Å². The van der Waals surface area contributed by atoms with Crippen LogP contribution in [-0.2, 0) is 14.3 Å². The highest BCUT2D eigenvalue weighted by molar-refractivity contribution is 5.69. The van der Waals surface area contributed by atoms with E-state index in [1.165, 1.54) is 148 Å². The zero-order valence-electron chi connectivity index (χ0n) is 27.2. The van der Waals surface area contributed by atoms with Crippen LogP contribution in [0.4, 0.5) is 0 Å². The van der Waals surface area contributed by atoms with Gasteiger partial charge in [0.25, 0.3) is 0 Å². The molecule has 0 aliphatic heterocycles. The second kappa shape index (κ2) is 32.5. The van der Waals surface area contributed by atoms with Crippen LogP contribution in [0.2, 0.25) is 0 Å². The normalized spacial score (nSPS) is 12.1. The van der Waals surface area contributed by atoms with Gasteiger partial charge in [0, 0.05) is 12.8 Å². The SMILES string of the molecule is CCCCCCCCCCCCCCCC(=O)OC(CCCCCCCCCCCCCCC)CCCC(=O)O. The van der Waals surface area contributed by atoms with Gasteiger partial charge in [0.1, 0.15) is 6.10 Å². The molecule has 0 saturated carbocycles. The van der Waals surface area contributed by atoms with E-state index in [4.69, 9.17) is 9.84 Å². The van der Waals surface area contributed by atoms with E-state index in [1.807, 2.05) is 0 Å². The first-order valence-corrected chi connectivity index (χ1v) is 18.0. The van der Waals surface area contributed by atoms with Gasteiger partial charge < -0.3 is 9.84 Å². The van der Waals surface area contributed by atoms with Crippen LogP contribution >= 0.6 is 0 Å². The lowest BCUT2D eigenvalue weighted by Crippen LogP contribution is -2.18. The highest BCUT2D eigenvalue weighted by Gasteiger charge is 2.15. The molecule has 0 bridgehead atoms. The number of hydrogen-bond donors (Lipinski definition) is 1. The van der Waals surface area contributed by atoms with Crippen LogP contribution < -0.4 is 0 Å². The average molecular weight is 567 g/mol. The first kappa shape index (κ1) is 38.9. The van der Waals surface area contributed by atoms with Crippen LogP contribution in [0.25, 0.3) is 0 Å². The van der Waals surface area contributed by atoms with Crippen molar-refractivity contribution in [3.8, 4) is 0 Å². The Kier molecular flexibility index (Phi) is 31.6. The fourth-order valence-electron chi connectivity index (χ4n) is 5.66. The quantitative estimate of drug-likeness (QED) is 0.0633. The summed E-state index contributed by atoms with van der Waals surface area (Å²) in [5.41, 5.74) is 0. The Balaban J connectivity index is 3.80. The Morgan fingerprint density at radius 1 is 0.450 bits per heavy atom. The number of unbranched alkanes of at least 4 members (excludes halogenated alkanes) is 24. The summed E-state index contributed by atoms with van der Waals surface area (Å²) in [6, 6.07) is 0. The van der Waals surface area contributed by atoms with E-state index in [-0.39, 0.29) is 18.5 Å². The van der Waals surface area contributed by atoms with Gasteiger partial charge in [-0.2, -0.15) is 0 Å². The van der Waals surface area contributed by atoms with Crippen LogP contribution in [0.15, 0.2) is 0 Å². The molecule has 0 aliphatic carbocycles. The molecular formula is C36H70O4. The number of esters is 1. The Morgan fingerprint density at radius 2 is 0.775 bits per heavy atom. The van der Waals surface area contributed by atoms with Crippen molar-refractivity contribution in [3.05, 3.63) is 0 Å². The van der Waals surface area contributed by atoms with E-state index < -0.39 is 5.97 Å². The number of rotatable bonds is 33. The summed E-state index contributed by atoms with van der Waals surface area (Å²) in [6.45, 7) is 4.54. The van der Waals surface area contributed by atoms with Gasteiger partial charge in [-0.05, 0) is 32.1 Å². The molecule has 0 aliphatic rings. The maximum absolute atomic E-state index is 12.4. The zero-order valence-corrected chi connectivity index (χ0v) is 27.2. The number of carbonyl (C=O) groups is 2. The maximum Gasteiger partial charge on any atom is 0.306 e. The minimum Gasteiger partial charge on any atom is -0.481 e. The smallest absolute Gasteiger partial charge is 0.306 e. The molecule has 238 valence electrons. The molecule has 1 unspecified atom stereocenters. The van der Waals surface area contributed by atoms with Crippen LogP contribution in [0, 0.1) is 0 Å². The van der Waals surface area contributed by atoms with Gasteiger partial charge in [0.15, 0.2) is 0 Å². The molecule has 4 heteroatoms. The summed E-state index contributed by atoms with van der Waals surface area (Å²) in [7, 11) is 0. The largest absolute Gasteiger partial charge is 0.481 e. The summed E-state index contributed by atoms with van der Waals surface area (Å²) in [5.74, 6) is -0.851. The minimum absolute atomic E-state index is 0.0851. The molecule has 0 radical (unpaired) electrons. The first-order valence-electron chi connectivity index (χ1n) is 18.0. The molecule has 0 heterocycles. The number of aliphatic carboxylic acids is 1. The molecule has 0 aromatic carbocycles. The van der Waals surface area contributed by atoms with Gasteiger partial charge in [0.05, 0.1) is 0 Å². The number of ether oxygens (including phenoxy) is 1. The minimum atomic E-state index is -0.766. The molecule has 1 N–H and O–H groups in total. The molecule has 0 rings (SSSR count). The fraction of sp³-hybridized carbons (Fsp3) is 0.944. The second-order valence-electron chi connectivity index (χ2n) is 12.4. The molecular weight excluding hydrogens is 496 g/mol. The molecule has 1 atom stereocenters. The summed E-state index contributed by atoms with van der Waals surface area (Å²) < 4.78 is 5.81. The summed E-state index contributed by atoms with van der Waals surface area (Å²) in [5, 5.41) is 8.99. The average Bonchev–Trinajstić information content (AvgIpc) is 2.93. The van der Waals surface area contributed by atoms with Crippen LogP contribution in [0.1, 0.15) is 213 Å². The molecule has 0 fully saturated rings. The predicted molar refractivity (Wildman–Crippen MR) is 172 cm³/mol. The van der Waals surface area contributed by atoms with Crippen LogP contribution in [0.3, 0.4) is 0 Å². The van der Waals surface area contributed by atoms with Gasteiger partial charge in [-0.25, -0.2) is 0 Å². The molecule has 0 spiro atoms. The van der Waals surface area contributed by atoms with E-state index in [0.717, 1.165) is 25.7 Å². The summed E-state index contributed by atoms with van der Waals surface area (Å²) in [6.07, 6.45) is 36.8. The van der Waals surface area contributed by atoms with Gasteiger partial charge in [0.2, 0.25) is 0 Å². The third-order valence-electron chi connectivity index (χ3n) is 8.33. The summed E-state index contributed by atoms with van der Waals surface area (Å²) in [4.78, 5) is 23.4. The molecule has 0 amide bonds. The zero-order chi connectivity index (χ0) is 29.4. The molecule has 0 saturated heterocycles. The van der Waals surface area contributed by atoms with Gasteiger partial charge in [-0.15, -0.1) is 0 Å². The molecule has 4 nitrogen and oxygen atoms in total. The van der Waals surface area contributed by atoms with Crippen LogP contribution in [0.5, 0.6) is 0 Å². The monoisotopic (exact) mass is 567 g/mol. The molecule has 0 aromatic heterocycles. The van der Waals surface area contributed by atoms with Crippen molar-refractivity contribution in [2.75, 3.05) is 0 Å². The van der Waals surface area contributed by atoms with Crippen LogP contribution in [-0.4, -0.2) is 23.1 Å². The van der Waals surface area contributed by atoms with Crippen molar-refractivity contribution < 1.29 is 19.4 Å². The Bertz CT molecular complexity index is 533. The third kappa shape index (κ3) is 31.5. The molecule has 0 aromatic rings. The second-order valence-corrected chi connectivity index (χ2v) is 12.4. The van der Waals surface area contributed by atoms with Crippen molar-refractivity contribution in [1.82, 2.24) is 0 Å². The van der Waals surface area contributed by atoms with Gasteiger partial charge in [-0.1, -0.05) is 168 Å². The number of carboxylic acids is 1. The van der Waals surface area contributed by atoms with Gasteiger partial charge >= 0.3 is 11.9 Å². The lowest BCUT2D eigenvalue weighted by molar-refractivity contribution is -0.150. The van der Waals surface area contributed by atoms with E-state index >= 15 is 0 Å². The van der Waals surface area contributed by atoms with Crippen molar-refractivity contribution >= 4 is 11.9 Å². The molecule has 40 heavy (non-hydrogen) atoms. The van der Waals surface area contributed by atoms with E-state index in [2.05, 4.69) is 13.8 Å². The third-order valence-corrected chi connectivity index (χ3v) is 8.33. The highest BCUT2D eigenvalue weighted by atomic mass is 16.5. The topological polar surface area (TPSA) is 63.6 Å². The lowest BCUT2D eigenvalue weighted by atomic mass is 10.0. The Morgan fingerprint density at radius 3 is 1.15 bits per heavy atom. The van der Waals surface area contributed by atoms with E-state index in [0.29, 0.717) is 19.3 Å². The van der Waals surface area contributed by atoms with Gasteiger partial charge in [-0.3, -0.25) is 9.59 Å². The maximum atomic E-state index is 12.4. The first-order chi connectivity index (χ1) is 19.6. The standard InChI is InChI=1S/C36H70O4/c1-3-5-7-9-11-13-15-17-19-21-23-25-27-30-34(31-29-32-35(37)38)40-36(39)33-28-26-24-22-20-18-16-14-12-10-8-6-4-2/h34H,3-33H2,1-2H3,(H,37,38). The Labute approximate surface area is 250 Å². The number of carboxylic acid groups (broad SMARTS) is 1. The van der Waals surface area contributed by atoms with Crippen molar-refractivity contribution in [1.29, 1.82) is 0 Å².